The molecule has 4 aromatic heterocycles. The van der Waals surface area contributed by atoms with Gasteiger partial charge in [0.1, 0.15) is 13.5 Å². The third-order valence-electron chi connectivity index (χ3n) is 7.88. The van der Waals surface area contributed by atoms with E-state index in [1.54, 1.807) is 12.7 Å². The summed E-state index contributed by atoms with van der Waals surface area (Å²) >= 11 is 0. The number of nitrogens with zero attached hydrogens (tertiary/aromatic N) is 10. The standard InChI is InChI=1S/C22H31N12O5P/c1-31(21(3-4-21)7-33-9-25-13-15(33)27-19(23)29-17(13)35)11-38-40(37)39-12-32(2)22(5-6-22)8-34-10-26-14-16(34)28-20(24)30-18(14)36/h9-10,40H,3-8,11-12H2,1-2H3,(H3,23,27,29,35)(H3,24,28,30,36). The predicted molar refractivity (Wildman–Crippen MR) is 143 cm³/mol. The van der Waals surface area contributed by atoms with Gasteiger partial charge in [0, 0.05) is 24.2 Å². The molecule has 0 atom stereocenters. The Balaban J connectivity index is 1.01. The fourth-order valence-corrected chi connectivity index (χ4v) is 5.66. The minimum absolute atomic E-state index is 0.0293. The third-order valence-corrected chi connectivity index (χ3v) is 8.61. The zero-order valence-corrected chi connectivity index (χ0v) is 23.1. The Bertz CT molecular complexity index is 1480. The van der Waals surface area contributed by atoms with Crippen molar-refractivity contribution in [1.82, 2.24) is 48.8 Å². The van der Waals surface area contributed by atoms with Gasteiger partial charge >= 0.3 is 8.25 Å². The molecular formula is C22H31N12O5P. The average Bonchev–Trinajstić information content (AvgIpc) is 3.79. The topological polar surface area (TPSA) is 222 Å². The van der Waals surface area contributed by atoms with Crippen molar-refractivity contribution < 1.29 is 23.8 Å². The average molecular weight is 575 g/mol. The van der Waals surface area contributed by atoms with Gasteiger partial charge in [-0.25, -0.2) is 9.97 Å². The second-order valence-electron chi connectivity index (χ2n) is 10.5. The lowest BCUT2D eigenvalue weighted by Crippen LogP contribution is -2.39. The molecule has 214 valence electrons. The normalized spacial score (nSPS) is 17.5. The van der Waals surface area contributed by atoms with Crippen molar-refractivity contribution in [2.24, 2.45) is 0 Å². The van der Waals surface area contributed by atoms with Crippen molar-refractivity contribution >= 4 is 42.5 Å². The molecule has 18 heteroatoms. The van der Waals surface area contributed by atoms with Crippen molar-refractivity contribution in [1.29, 1.82) is 0 Å². The highest BCUT2D eigenvalue weighted by molar-refractivity contribution is 7.33. The first-order valence-electron chi connectivity index (χ1n) is 12.7. The van der Waals surface area contributed by atoms with Gasteiger partial charge in [-0.3, -0.25) is 23.4 Å². The molecule has 0 spiro atoms. The van der Waals surface area contributed by atoms with E-state index < -0.39 is 8.25 Å². The zero-order valence-electron chi connectivity index (χ0n) is 22.1. The number of aromatic nitrogens is 8. The highest BCUT2D eigenvalue weighted by Crippen LogP contribution is 2.45. The molecule has 0 unspecified atom stereocenters. The number of rotatable bonds is 12. The highest BCUT2D eigenvalue weighted by atomic mass is 31.1. The molecule has 2 saturated carbocycles. The number of imidazole rings is 2. The summed E-state index contributed by atoms with van der Waals surface area (Å²) in [6.45, 7) is 1.33. The van der Waals surface area contributed by atoms with Crippen LogP contribution in [0, 0.1) is 0 Å². The lowest BCUT2D eigenvalue weighted by atomic mass is 10.2. The zero-order chi connectivity index (χ0) is 28.2. The van der Waals surface area contributed by atoms with Crippen LogP contribution in [0.4, 0.5) is 11.9 Å². The molecule has 2 aliphatic carbocycles. The third kappa shape index (κ3) is 4.90. The molecule has 6 rings (SSSR count). The lowest BCUT2D eigenvalue weighted by Gasteiger charge is -2.29. The molecule has 0 saturated heterocycles. The molecule has 0 bridgehead atoms. The fraction of sp³-hybridized carbons (Fsp3) is 0.545. The largest absolute Gasteiger partial charge is 0.492 e. The number of hydrogen-bond acceptors (Lipinski definition) is 15. The molecule has 2 fully saturated rings. The number of hydrogen-bond donors (Lipinski definition) is 4. The van der Waals surface area contributed by atoms with E-state index in [4.69, 9.17) is 20.5 Å². The summed E-state index contributed by atoms with van der Waals surface area (Å²) in [7, 11) is 1.03. The molecule has 17 nitrogen and oxygen atoms in total. The molecule has 0 radical (unpaired) electrons. The second kappa shape index (κ2) is 9.78. The Hall–Kier alpha value is -3.63. The maximum absolute atomic E-state index is 12.6. The predicted octanol–water partition coefficient (Wildman–Crippen LogP) is 0.508. The number of aromatic hydroxyl groups is 2. The monoisotopic (exact) mass is 574 g/mol. The van der Waals surface area contributed by atoms with Crippen molar-refractivity contribution in [3.05, 3.63) is 12.7 Å². The van der Waals surface area contributed by atoms with Crippen LogP contribution < -0.4 is 11.5 Å². The molecule has 4 aromatic rings. The Morgan fingerprint density at radius 1 is 0.825 bits per heavy atom. The van der Waals surface area contributed by atoms with Gasteiger partial charge in [0.05, 0.1) is 12.7 Å². The van der Waals surface area contributed by atoms with E-state index in [0.29, 0.717) is 24.4 Å². The van der Waals surface area contributed by atoms with Crippen molar-refractivity contribution in [3.63, 3.8) is 0 Å². The summed E-state index contributed by atoms with van der Waals surface area (Å²) in [5.74, 6) is -0.572. The van der Waals surface area contributed by atoms with E-state index in [1.165, 1.54) is 0 Å². The molecule has 0 aliphatic heterocycles. The van der Waals surface area contributed by atoms with Crippen molar-refractivity contribution in [2.45, 2.75) is 49.9 Å². The highest BCUT2D eigenvalue weighted by Gasteiger charge is 2.48. The number of nitrogens with two attached hydrogens (primary N) is 2. The SMILES string of the molecule is CN(CO[PH](=O)OCN(C)C1(Cn2cnc3c(O)nc(N)nc32)CC1)C1(Cn2cnc3c(O)nc(N)nc32)CC1. The van der Waals surface area contributed by atoms with Crippen LogP contribution in [0.1, 0.15) is 25.7 Å². The summed E-state index contributed by atoms with van der Waals surface area (Å²) in [6.07, 6.45) is 6.82. The Labute approximate surface area is 228 Å². The fourth-order valence-electron chi connectivity index (χ4n) is 4.98. The van der Waals surface area contributed by atoms with E-state index in [9.17, 15) is 14.8 Å². The van der Waals surface area contributed by atoms with Crippen LogP contribution >= 0.6 is 8.25 Å². The van der Waals surface area contributed by atoms with E-state index in [-0.39, 0.29) is 59.2 Å². The quantitative estimate of drug-likeness (QED) is 0.134. The summed E-state index contributed by atoms with van der Waals surface area (Å²) in [6, 6.07) is 0. The van der Waals surface area contributed by atoms with E-state index >= 15 is 0 Å². The molecule has 0 aromatic carbocycles. The molecule has 40 heavy (non-hydrogen) atoms. The van der Waals surface area contributed by atoms with Crippen LogP contribution in [0.5, 0.6) is 11.8 Å². The molecule has 2 aliphatic rings. The molecule has 0 amide bonds. The summed E-state index contributed by atoms with van der Waals surface area (Å²) in [5, 5.41) is 20.0. The number of anilines is 2. The van der Waals surface area contributed by atoms with Gasteiger partial charge < -0.3 is 30.8 Å². The summed E-state index contributed by atoms with van der Waals surface area (Å²) in [4.78, 5) is 28.3. The minimum Gasteiger partial charge on any atom is -0.492 e. The van der Waals surface area contributed by atoms with Crippen LogP contribution in [-0.4, -0.2) is 97.7 Å². The Morgan fingerprint density at radius 2 is 1.23 bits per heavy atom. The Kier molecular flexibility index (Phi) is 6.50. The minimum atomic E-state index is -2.77. The second-order valence-corrected chi connectivity index (χ2v) is 11.6. The number of nitrogen functional groups attached to an aromatic ring is 2. The van der Waals surface area contributed by atoms with Crippen LogP contribution in [0.3, 0.4) is 0 Å². The van der Waals surface area contributed by atoms with Crippen LogP contribution in [-0.2, 0) is 26.7 Å². The van der Waals surface area contributed by atoms with Gasteiger partial charge in [-0.2, -0.15) is 19.9 Å². The van der Waals surface area contributed by atoms with Gasteiger partial charge in [-0.1, -0.05) is 0 Å². The van der Waals surface area contributed by atoms with Gasteiger partial charge in [0.25, 0.3) is 0 Å². The summed E-state index contributed by atoms with van der Waals surface area (Å²) in [5.41, 5.74) is 12.4. The maximum Gasteiger partial charge on any atom is 0.321 e. The van der Waals surface area contributed by atoms with E-state index in [1.807, 2.05) is 33.0 Å². The van der Waals surface area contributed by atoms with E-state index in [0.717, 1.165) is 25.7 Å². The first-order chi connectivity index (χ1) is 19.1. The number of fused-ring (bicyclic) bond motifs is 2. The van der Waals surface area contributed by atoms with Gasteiger partial charge in [0.15, 0.2) is 22.3 Å². The molecule has 4 heterocycles. The van der Waals surface area contributed by atoms with Crippen LogP contribution in [0.15, 0.2) is 12.7 Å². The smallest absolute Gasteiger partial charge is 0.321 e. The van der Waals surface area contributed by atoms with Gasteiger partial charge in [-0.05, 0) is 39.8 Å². The van der Waals surface area contributed by atoms with Gasteiger partial charge in [-0.15, -0.1) is 0 Å². The lowest BCUT2D eigenvalue weighted by molar-refractivity contribution is 0.0524. The van der Waals surface area contributed by atoms with Crippen molar-refractivity contribution in [3.8, 4) is 11.8 Å². The van der Waals surface area contributed by atoms with Crippen LogP contribution in [0.2, 0.25) is 0 Å². The molecule has 6 N–H and O–H groups in total. The number of likely N-dealkylation sites (N-methyl/N-ethyl adjacent to an activating group) is 2. The van der Waals surface area contributed by atoms with Gasteiger partial charge in [0.2, 0.25) is 23.7 Å². The van der Waals surface area contributed by atoms with E-state index in [2.05, 4.69) is 29.9 Å². The first-order valence-corrected chi connectivity index (χ1v) is 13.9. The molecular weight excluding hydrogens is 543 g/mol. The van der Waals surface area contributed by atoms with Crippen LogP contribution in [0.25, 0.3) is 22.3 Å². The first kappa shape index (κ1) is 26.6. The Morgan fingerprint density at radius 3 is 1.60 bits per heavy atom. The maximum atomic E-state index is 12.6. The summed E-state index contributed by atoms with van der Waals surface area (Å²) < 4.78 is 27.4. The van der Waals surface area contributed by atoms with Crippen molar-refractivity contribution in [2.75, 3.05) is 39.0 Å².